The van der Waals surface area contributed by atoms with Gasteiger partial charge in [0.2, 0.25) is 5.91 Å². The maximum Gasteiger partial charge on any atom is 0.218 e. The molecule has 0 saturated carbocycles. The molecule has 12 heavy (non-hydrogen) atoms. The molecule has 1 unspecified atom stereocenters. The molecule has 0 aliphatic rings. The molecular weight excluding hydrogens is 156 g/mol. The molecule has 72 valence electrons. The molecule has 0 saturated heterocycles. The largest absolute Gasteiger partial charge is 0.393 e. The molecule has 0 heterocycles. The van der Waals surface area contributed by atoms with E-state index in [1.54, 1.807) is 6.92 Å². The number of hydrogen-bond acceptors (Lipinski definition) is 3. The predicted molar refractivity (Wildman–Crippen MR) is 47.6 cm³/mol. The summed E-state index contributed by atoms with van der Waals surface area (Å²) in [6, 6.07) is 0. The number of hydrogen-bond donors (Lipinski definition) is 2. The highest BCUT2D eigenvalue weighted by molar-refractivity contribution is 5.73. The fraction of sp³-hybridized carbons (Fsp3) is 0.875. The van der Waals surface area contributed by atoms with Crippen LogP contribution in [0, 0.1) is 0 Å². The van der Waals surface area contributed by atoms with E-state index < -0.39 is 0 Å². The van der Waals surface area contributed by atoms with Crippen LogP contribution < -0.4 is 5.73 Å². The van der Waals surface area contributed by atoms with Crippen LogP contribution in [0.2, 0.25) is 0 Å². The highest BCUT2D eigenvalue weighted by Crippen LogP contribution is 1.93. The van der Waals surface area contributed by atoms with Gasteiger partial charge in [-0.25, -0.2) is 0 Å². The summed E-state index contributed by atoms with van der Waals surface area (Å²) in [5.74, 6) is -0.279. The summed E-state index contributed by atoms with van der Waals surface area (Å²) in [7, 11) is 1.91. The predicted octanol–water partition coefficient (Wildman–Crippen LogP) is -0.435. The molecule has 0 rings (SSSR count). The summed E-state index contributed by atoms with van der Waals surface area (Å²) in [6.45, 7) is 3.22. The van der Waals surface area contributed by atoms with Crippen molar-refractivity contribution in [2.24, 2.45) is 5.73 Å². The van der Waals surface area contributed by atoms with Gasteiger partial charge in [0.05, 0.1) is 6.10 Å². The normalized spacial score (nSPS) is 13.3. The van der Waals surface area contributed by atoms with E-state index in [0.717, 1.165) is 13.0 Å². The fourth-order valence-electron chi connectivity index (χ4n) is 0.820. The third-order valence-corrected chi connectivity index (χ3v) is 1.67. The maximum atomic E-state index is 10.4. The van der Waals surface area contributed by atoms with E-state index in [0.29, 0.717) is 13.0 Å². The minimum Gasteiger partial charge on any atom is -0.393 e. The smallest absolute Gasteiger partial charge is 0.218 e. The van der Waals surface area contributed by atoms with Crippen molar-refractivity contribution in [2.45, 2.75) is 25.9 Å². The van der Waals surface area contributed by atoms with Crippen LogP contribution in [0.1, 0.15) is 19.8 Å². The van der Waals surface area contributed by atoms with Crippen molar-refractivity contribution in [3.8, 4) is 0 Å². The summed E-state index contributed by atoms with van der Waals surface area (Å²) in [6.07, 6.45) is 0.840. The summed E-state index contributed by atoms with van der Waals surface area (Å²) >= 11 is 0. The first-order chi connectivity index (χ1) is 5.52. The molecule has 1 amide bonds. The van der Waals surface area contributed by atoms with Crippen molar-refractivity contribution in [2.75, 3.05) is 20.1 Å². The van der Waals surface area contributed by atoms with Crippen LogP contribution in [0.4, 0.5) is 0 Å². The number of amides is 1. The molecule has 0 fully saturated rings. The van der Waals surface area contributed by atoms with Gasteiger partial charge in [-0.2, -0.15) is 0 Å². The molecule has 0 spiro atoms. The Kier molecular flexibility index (Phi) is 5.66. The van der Waals surface area contributed by atoms with Crippen LogP contribution in [-0.4, -0.2) is 42.2 Å². The Bertz CT molecular complexity index is 137. The number of carbonyl (C=O) groups excluding carboxylic acids is 1. The molecule has 0 aliphatic heterocycles. The first-order valence-electron chi connectivity index (χ1n) is 4.17. The third kappa shape index (κ3) is 7.50. The zero-order valence-electron chi connectivity index (χ0n) is 7.79. The van der Waals surface area contributed by atoms with E-state index in [-0.39, 0.29) is 12.0 Å². The fourth-order valence-corrected chi connectivity index (χ4v) is 0.820. The van der Waals surface area contributed by atoms with Gasteiger partial charge in [-0.1, -0.05) is 0 Å². The average Bonchev–Trinajstić information content (AvgIpc) is 1.96. The van der Waals surface area contributed by atoms with Crippen LogP contribution in [0.15, 0.2) is 0 Å². The van der Waals surface area contributed by atoms with Crippen molar-refractivity contribution in [3.63, 3.8) is 0 Å². The Hall–Kier alpha value is -0.610. The Morgan fingerprint density at radius 3 is 2.58 bits per heavy atom. The van der Waals surface area contributed by atoms with Gasteiger partial charge in [0.25, 0.3) is 0 Å². The van der Waals surface area contributed by atoms with Crippen molar-refractivity contribution in [1.29, 1.82) is 0 Å². The van der Waals surface area contributed by atoms with Gasteiger partial charge in [0.15, 0.2) is 0 Å². The van der Waals surface area contributed by atoms with Gasteiger partial charge in [0, 0.05) is 19.5 Å². The quantitative estimate of drug-likeness (QED) is 0.574. The van der Waals surface area contributed by atoms with E-state index >= 15 is 0 Å². The minimum absolute atomic E-state index is 0.277. The van der Waals surface area contributed by atoms with Gasteiger partial charge in [-0.05, 0) is 20.4 Å². The monoisotopic (exact) mass is 174 g/mol. The summed E-state index contributed by atoms with van der Waals surface area (Å²) in [5.41, 5.74) is 4.98. The number of aliphatic hydroxyl groups excluding tert-OH is 1. The van der Waals surface area contributed by atoms with Crippen LogP contribution in [0.3, 0.4) is 0 Å². The van der Waals surface area contributed by atoms with Crippen LogP contribution in [0.25, 0.3) is 0 Å². The van der Waals surface area contributed by atoms with E-state index in [2.05, 4.69) is 0 Å². The van der Waals surface area contributed by atoms with Crippen molar-refractivity contribution >= 4 is 5.91 Å². The molecule has 0 radical (unpaired) electrons. The maximum absolute atomic E-state index is 10.4. The number of aliphatic hydroxyl groups is 1. The first-order valence-corrected chi connectivity index (χ1v) is 4.17. The molecule has 1 atom stereocenters. The van der Waals surface area contributed by atoms with Crippen molar-refractivity contribution < 1.29 is 9.90 Å². The standard InChI is InChI=1S/C8H18N2O2/c1-7(11)3-5-10(2)6-4-8(9)12/h7,11H,3-6H2,1-2H3,(H2,9,12). The number of nitrogens with zero attached hydrogens (tertiary/aromatic N) is 1. The Labute approximate surface area is 73.3 Å². The minimum atomic E-state index is -0.279. The van der Waals surface area contributed by atoms with Gasteiger partial charge in [-0.15, -0.1) is 0 Å². The Balaban J connectivity index is 3.33. The van der Waals surface area contributed by atoms with Gasteiger partial charge in [-0.3, -0.25) is 4.79 Å². The number of nitrogens with two attached hydrogens (primary N) is 1. The lowest BCUT2D eigenvalue weighted by atomic mass is 10.2. The molecule has 4 nitrogen and oxygen atoms in total. The molecule has 0 aromatic heterocycles. The summed E-state index contributed by atoms with van der Waals surface area (Å²) < 4.78 is 0. The zero-order valence-corrected chi connectivity index (χ0v) is 7.79. The van der Waals surface area contributed by atoms with Crippen LogP contribution in [-0.2, 0) is 4.79 Å². The highest BCUT2D eigenvalue weighted by Gasteiger charge is 2.02. The summed E-state index contributed by atoms with van der Waals surface area (Å²) in [5, 5.41) is 8.96. The van der Waals surface area contributed by atoms with Crippen molar-refractivity contribution in [1.82, 2.24) is 4.90 Å². The lowest BCUT2D eigenvalue weighted by molar-refractivity contribution is -0.118. The number of rotatable bonds is 6. The van der Waals surface area contributed by atoms with E-state index in [1.165, 1.54) is 0 Å². The van der Waals surface area contributed by atoms with Gasteiger partial charge < -0.3 is 15.7 Å². The second kappa shape index (κ2) is 5.97. The lowest BCUT2D eigenvalue weighted by Gasteiger charge is -2.16. The topological polar surface area (TPSA) is 66.6 Å². The molecule has 3 N–H and O–H groups in total. The molecule has 0 aliphatic carbocycles. The van der Waals surface area contributed by atoms with Gasteiger partial charge >= 0.3 is 0 Å². The van der Waals surface area contributed by atoms with Crippen LogP contribution >= 0.6 is 0 Å². The second-order valence-corrected chi connectivity index (χ2v) is 3.16. The molecule has 0 aromatic carbocycles. The highest BCUT2D eigenvalue weighted by atomic mass is 16.3. The molecule has 4 heteroatoms. The SMILES string of the molecule is CC(O)CCN(C)CCC(N)=O. The van der Waals surface area contributed by atoms with Crippen LogP contribution in [0.5, 0.6) is 0 Å². The average molecular weight is 174 g/mol. The van der Waals surface area contributed by atoms with E-state index in [1.807, 2.05) is 11.9 Å². The Morgan fingerprint density at radius 1 is 1.58 bits per heavy atom. The second-order valence-electron chi connectivity index (χ2n) is 3.16. The number of primary amides is 1. The third-order valence-electron chi connectivity index (χ3n) is 1.67. The summed E-state index contributed by atoms with van der Waals surface area (Å²) in [4.78, 5) is 12.4. The van der Waals surface area contributed by atoms with Gasteiger partial charge in [0.1, 0.15) is 0 Å². The van der Waals surface area contributed by atoms with E-state index in [9.17, 15) is 4.79 Å². The van der Waals surface area contributed by atoms with E-state index in [4.69, 9.17) is 10.8 Å². The lowest BCUT2D eigenvalue weighted by Crippen LogP contribution is -2.27. The van der Waals surface area contributed by atoms with Crippen molar-refractivity contribution in [3.05, 3.63) is 0 Å². The Morgan fingerprint density at radius 2 is 2.17 bits per heavy atom. The molecular formula is C8H18N2O2. The first kappa shape index (κ1) is 11.4. The zero-order chi connectivity index (χ0) is 9.56. The number of carbonyl (C=O) groups is 1. The molecule has 0 aromatic rings. The molecule has 0 bridgehead atoms.